The van der Waals surface area contributed by atoms with E-state index < -0.39 is 0 Å². The minimum absolute atomic E-state index is 0.365. The molecule has 0 atom stereocenters. The highest BCUT2D eigenvalue weighted by atomic mass is 16.6. The molecule has 0 aliphatic carbocycles. The van der Waals surface area contributed by atoms with E-state index in [0.29, 0.717) is 13.1 Å². The van der Waals surface area contributed by atoms with Crippen molar-refractivity contribution in [3.63, 3.8) is 0 Å². The Bertz CT molecular complexity index is 1090. The van der Waals surface area contributed by atoms with Crippen LogP contribution >= 0.6 is 0 Å². The van der Waals surface area contributed by atoms with Crippen LogP contribution in [-0.2, 0) is 25.8 Å². The largest absolute Gasteiger partial charge is 0.471 e. The molecule has 0 aliphatic rings. The van der Waals surface area contributed by atoms with Gasteiger partial charge < -0.3 is 14.4 Å². The molecule has 0 unspecified atom stereocenters. The average Bonchev–Trinajstić information content (AvgIpc) is 2.85. The Kier molecular flexibility index (Phi) is 10.3. The molecule has 0 N–H and O–H groups in total. The van der Waals surface area contributed by atoms with Crippen LogP contribution in [-0.4, -0.2) is 32.1 Å². The number of ether oxygens (including phenoxy) is 1. The summed E-state index contributed by atoms with van der Waals surface area (Å²) >= 11 is 0. The molecule has 0 saturated carbocycles. The van der Waals surface area contributed by atoms with E-state index in [4.69, 9.17) is 14.5 Å². The standard InChI is InChI=1S/C25H26N2O2.C2H4O2/c1-18-11-10-16-23(19(2)26-28-4)25(18)17-29-27-20(3)22-14-8-9-15-24(22)21-12-6-5-7-13-21;1-4-2-3/h5-16H,17H2,1-4H3;2H,1H3/b26-19-,27-20+;. The number of carbonyl (C=O) groups is 1. The van der Waals surface area contributed by atoms with Gasteiger partial charge in [0.1, 0.15) is 13.7 Å². The number of methoxy groups -OCH3 is 1. The highest BCUT2D eigenvalue weighted by molar-refractivity contribution is 6.04. The van der Waals surface area contributed by atoms with Crippen LogP contribution in [0.1, 0.15) is 36.1 Å². The molecule has 33 heavy (non-hydrogen) atoms. The van der Waals surface area contributed by atoms with Crippen LogP contribution in [0.25, 0.3) is 11.1 Å². The molecule has 0 spiro atoms. The fraction of sp³-hybridized carbons (Fsp3) is 0.222. The molecular formula is C27H30N2O4. The van der Waals surface area contributed by atoms with Crippen molar-refractivity contribution in [1.29, 1.82) is 0 Å². The molecular weight excluding hydrogens is 416 g/mol. The Hall–Kier alpha value is -3.93. The van der Waals surface area contributed by atoms with Crippen molar-refractivity contribution in [3.05, 3.63) is 95.1 Å². The van der Waals surface area contributed by atoms with Crippen molar-refractivity contribution in [2.75, 3.05) is 14.2 Å². The number of rotatable bonds is 8. The van der Waals surface area contributed by atoms with Crippen LogP contribution in [0.3, 0.4) is 0 Å². The monoisotopic (exact) mass is 446 g/mol. The first-order valence-electron chi connectivity index (χ1n) is 10.5. The van der Waals surface area contributed by atoms with Crippen molar-refractivity contribution in [2.24, 2.45) is 10.3 Å². The second-order valence-electron chi connectivity index (χ2n) is 7.15. The van der Waals surface area contributed by atoms with Gasteiger partial charge in [0.05, 0.1) is 18.5 Å². The summed E-state index contributed by atoms with van der Waals surface area (Å²) in [6.07, 6.45) is 0. The van der Waals surface area contributed by atoms with Crippen molar-refractivity contribution < 1.29 is 19.2 Å². The summed E-state index contributed by atoms with van der Waals surface area (Å²) in [7, 11) is 2.86. The highest BCUT2D eigenvalue weighted by Crippen LogP contribution is 2.24. The molecule has 6 heteroatoms. The number of benzene rings is 3. The quantitative estimate of drug-likeness (QED) is 0.250. The summed E-state index contributed by atoms with van der Waals surface area (Å²) in [5, 5.41) is 8.47. The number of hydrogen-bond donors (Lipinski definition) is 0. The van der Waals surface area contributed by atoms with Gasteiger partial charge in [0.2, 0.25) is 0 Å². The summed E-state index contributed by atoms with van der Waals surface area (Å²) in [4.78, 5) is 19.6. The second-order valence-corrected chi connectivity index (χ2v) is 7.15. The highest BCUT2D eigenvalue weighted by Gasteiger charge is 2.11. The van der Waals surface area contributed by atoms with Crippen LogP contribution in [0.4, 0.5) is 0 Å². The number of carbonyl (C=O) groups excluding carboxylic acids is 1. The molecule has 0 aliphatic heterocycles. The molecule has 6 nitrogen and oxygen atoms in total. The third-order valence-corrected chi connectivity index (χ3v) is 4.94. The van der Waals surface area contributed by atoms with Crippen molar-refractivity contribution in [3.8, 4) is 11.1 Å². The predicted octanol–water partition coefficient (Wildman–Crippen LogP) is 5.76. The Morgan fingerprint density at radius 1 is 0.818 bits per heavy atom. The lowest BCUT2D eigenvalue weighted by molar-refractivity contribution is -0.126. The van der Waals surface area contributed by atoms with Crippen molar-refractivity contribution in [2.45, 2.75) is 27.4 Å². The zero-order valence-corrected chi connectivity index (χ0v) is 19.7. The van der Waals surface area contributed by atoms with Gasteiger partial charge in [-0.15, -0.1) is 0 Å². The summed E-state index contributed by atoms with van der Waals surface area (Å²) in [5.74, 6) is 0. The van der Waals surface area contributed by atoms with Gasteiger partial charge in [0.15, 0.2) is 0 Å². The Morgan fingerprint density at radius 2 is 1.42 bits per heavy atom. The molecule has 0 amide bonds. The summed E-state index contributed by atoms with van der Waals surface area (Å²) in [6.45, 7) is 6.69. The lowest BCUT2D eigenvalue weighted by Gasteiger charge is -2.12. The molecule has 3 rings (SSSR count). The molecule has 0 radical (unpaired) electrons. The first kappa shape index (κ1) is 25.3. The van der Waals surface area contributed by atoms with Gasteiger partial charge in [-0.25, -0.2) is 0 Å². The first-order valence-corrected chi connectivity index (χ1v) is 10.5. The van der Waals surface area contributed by atoms with Crippen molar-refractivity contribution in [1.82, 2.24) is 0 Å². The minimum atomic E-state index is 0.365. The van der Waals surface area contributed by atoms with E-state index in [1.807, 2.05) is 56.3 Å². The van der Waals surface area contributed by atoms with E-state index in [1.54, 1.807) is 7.11 Å². The summed E-state index contributed by atoms with van der Waals surface area (Å²) in [5.41, 5.74) is 8.18. The van der Waals surface area contributed by atoms with Crippen LogP contribution in [0.15, 0.2) is 83.1 Å². The summed E-state index contributed by atoms with van der Waals surface area (Å²) < 4.78 is 3.86. The van der Waals surface area contributed by atoms with Gasteiger partial charge in [-0.1, -0.05) is 83.1 Å². The molecule has 172 valence electrons. The van der Waals surface area contributed by atoms with Crippen LogP contribution in [0.5, 0.6) is 0 Å². The molecule has 0 heterocycles. The third-order valence-electron chi connectivity index (χ3n) is 4.94. The Balaban J connectivity index is 0.000000890. The van der Waals surface area contributed by atoms with E-state index >= 15 is 0 Å². The van der Waals surface area contributed by atoms with Gasteiger partial charge in [-0.2, -0.15) is 0 Å². The van der Waals surface area contributed by atoms with Gasteiger partial charge in [0.25, 0.3) is 6.47 Å². The molecule has 0 saturated heterocycles. The molecule has 0 aromatic heterocycles. The normalized spacial score (nSPS) is 11.2. The van der Waals surface area contributed by atoms with E-state index in [-0.39, 0.29) is 0 Å². The van der Waals surface area contributed by atoms with Crippen LogP contribution < -0.4 is 0 Å². The Labute approximate surface area is 195 Å². The third kappa shape index (κ3) is 7.31. The van der Waals surface area contributed by atoms with Gasteiger partial charge in [-0.05, 0) is 37.5 Å². The fourth-order valence-corrected chi connectivity index (χ4v) is 3.33. The number of nitrogens with zero attached hydrogens (tertiary/aromatic N) is 2. The molecule has 0 bridgehead atoms. The van der Waals surface area contributed by atoms with E-state index in [2.05, 4.69) is 52.3 Å². The maximum absolute atomic E-state index is 8.95. The zero-order chi connectivity index (χ0) is 24.1. The number of hydrogen-bond acceptors (Lipinski definition) is 6. The molecule has 3 aromatic rings. The predicted molar refractivity (Wildman–Crippen MR) is 132 cm³/mol. The van der Waals surface area contributed by atoms with Crippen LogP contribution in [0.2, 0.25) is 0 Å². The van der Waals surface area contributed by atoms with Gasteiger partial charge in [-0.3, -0.25) is 4.79 Å². The number of oxime groups is 2. The maximum Gasteiger partial charge on any atom is 0.292 e. The molecule has 3 aromatic carbocycles. The molecule has 0 fully saturated rings. The Morgan fingerprint density at radius 3 is 2.09 bits per heavy atom. The summed E-state index contributed by atoms with van der Waals surface area (Å²) in [6, 6.07) is 24.6. The lowest BCUT2D eigenvalue weighted by atomic mass is 9.97. The second kappa shape index (κ2) is 13.5. The minimum Gasteiger partial charge on any atom is -0.471 e. The smallest absolute Gasteiger partial charge is 0.292 e. The average molecular weight is 447 g/mol. The van der Waals surface area contributed by atoms with E-state index in [1.165, 1.54) is 7.11 Å². The van der Waals surface area contributed by atoms with Crippen molar-refractivity contribution >= 4 is 17.9 Å². The SMILES string of the molecule is CO/N=C(/C)c1cccc(C)c1CO/N=C(\C)c1ccccc1-c1ccccc1.COC=O. The van der Waals surface area contributed by atoms with E-state index in [9.17, 15) is 0 Å². The maximum atomic E-state index is 8.95. The van der Waals surface area contributed by atoms with Gasteiger partial charge >= 0.3 is 0 Å². The zero-order valence-electron chi connectivity index (χ0n) is 19.7. The number of aryl methyl sites for hydroxylation is 1. The van der Waals surface area contributed by atoms with E-state index in [0.717, 1.165) is 44.8 Å². The lowest BCUT2D eigenvalue weighted by Crippen LogP contribution is -2.05. The van der Waals surface area contributed by atoms with Gasteiger partial charge in [0, 0.05) is 16.7 Å². The fourth-order valence-electron chi connectivity index (χ4n) is 3.33. The topological polar surface area (TPSA) is 69.5 Å². The van der Waals surface area contributed by atoms with Crippen LogP contribution in [0, 0.1) is 6.92 Å². The first-order chi connectivity index (χ1) is 16.0.